The van der Waals surface area contributed by atoms with Gasteiger partial charge in [-0.1, -0.05) is 11.6 Å². The number of amides is 1. The van der Waals surface area contributed by atoms with Crippen LogP contribution in [-0.4, -0.2) is 47.3 Å². The van der Waals surface area contributed by atoms with Gasteiger partial charge in [0, 0.05) is 18.7 Å². The van der Waals surface area contributed by atoms with E-state index in [0.29, 0.717) is 10.9 Å². The van der Waals surface area contributed by atoms with E-state index < -0.39 is 0 Å². The highest BCUT2D eigenvalue weighted by atomic mass is 35.5. The molecule has 1 atom stereocenters. The first-order valence-corrected chi connectivity index (χ1v) is 9.15. The third-order valence-corrected chi connectivity index (χ3v) is 5.41. The first-order valence-electron chi connectivity index (χ1n) is 8.77. The molecule has 5 nitrogen and oxygen atoms in total. The molecule has 2 heterocycles. The summed E-state index contributed by atoms with van der Waals surface area (Å²) < 4.78 is 1.82. The molecule has 25 heavy (non-hydrogen) atoms. The Kier molecular flexibility index (Phi) is 5.45. The summed E-state index contributed by atoms with van der Waals surface area (Å²) in [6, 6.07) is 7.61. The Bertz CT molecular complexity index is 752. The van der Waals surface area contributed by atoms with E-state index >= 15 is 0 Å². The van der Waals surface area contributed by atoms with Gasteiger partial charge in [-0.2, -0.15) is 5.10 Å². The van der Waals surface area contributed by atoms with Gasteiger partial charge in [0.15, 0.2) is 0 Å². The Morgan fingerprint density at radius 1 is 1.32 bits per heavy atom. The van der Waals surface area contributed by atoms with Crippen molar-refractivity contribution in [1.29, 1.82) is 0 Å². The molecule has 1 amide bonds. The summed E-state index contributed by atoms with van der Waals surface area (Å²) in [6.45, 7) is 6.46. The van der Waals surface area contributed by atoms with Crippen molar-refractivity contribution in [2.45, 2.75) is 26.7 Å². The van der Waals surface area contributed by atoms with Gasteiger partial charge in [0.2, 0.25) is 0 Å². The number of rotatable bonds is 4. The minimum atomic E-state index is 0.110. The molecule has 1 fully saturated rings. The molecule has 1 saturated heterocycles. The summed E-state index contributed by atoms with van der Waals surface area (Å²) in [5.41, 5.74) is 3.35. The molecule has 3 rings (SSSR count). The Labute approximate surface area is 154 Å². The van der Waals surface area contributed by atoms with Crippen LogP contribution >= 0.6 is 11.6 Å². The van der Waals surface area contributed by atoms with Crippen molar-refractivity contribution < 1.29 is 4.79 Å². The Morgan fingerprint density at radius 3 is 2.64 bits per heavy atom. The molecule has 2 aromatic rings. The van der Waals surface area contributed by atoms with Crippen LogP contribution < -0.4 is 5.32 Å². The second kappa shape index (κ2) is 7.58. The molecule has 1 N–H and O–H groups in total. The number of likely N-dealkylation sites (tertiary alicyclic amines) is 1. The van der Waals surface area contributed by atoms with Crippen LogP contribution in [0, 0.1) is 19.8 Å². The Morgan fingerprint density at radius 2 is 2.04 bits per heavy atom. The van der Waals surface area contributed by atoms with Crippen LogP contribution in [0.1, 0.15) is 34.6 Å². The lowest BCUT2D eigenvalue weighted by atomic mass is 9.97. The topological polar surface area (TPSA) is 50.2 Å². The van der Waals surface area contributed by atoms with Crippen molar-refractivity contribution in [2.75, 3.05) is 26.7 Å². The second-order valence-electron chi connectivity index (χ2n) is 6.76. The number of aryl methyl sites for hydroxylation is 1. The van der Waals surface area contributed by atoms with E-state index in [1.54, 1.807) is 0 Å². The molecule has 1 aliphatic heterocycles. The highest BCUT2D eigenvalue weighted by Gasteiger charge is 2.24. The average Bonchev–Trinajstić information content (AvgIpc) is 2.89. The predicted octanol–water partition coefficient (Wildman–Crippen LogP) is 3.21. The fourth-order valence-electron chi connectivity index (χ4n) is 3.51. The van der Waals surface area contributed by atoms with E-state index in [-0.39, 0.29) is 5.91 Å². The zero-order chi connectivity index (χ0) is 18.0. The second-order valence-corrected chi connectivity index (χ2v) is 7.14. The summed E-state index contributed by atoms with van der Waals surface area (Å²) in [7, 11) is 1.96. The first-order chi connectivity index (χ1) is 12.0. The number of carbonyl (C=O) groups is 1. The van der Waals surface area contributed by atoms with Gasteiger partial charge >= 0.3 is 0 Å². The smallest absolute Gasteiger partial charge is 0.253 e. The van der Waals surface area contributed by atoms with Gasteiger partial charge in [0.1, 0.15) is 0 Å². The van der Waals surface area contributed by atoms with Crippen LogP contribution in [0.5, 0.6) is 0 Å². The molecule has 1 aromatic carbocycles. The molecule has 1 aromatic heterocycles. The van der Waals surface area contributed by atoms with E-state index in [2.05, 4.69) is 10.4 Å². The number of hydrogen-bond acceptors (Lipinski definition) is 3. The van der Waals surface area contributed by atoms with Gasteiger partial charge in [0.05, 0.1) is 22.1 Å². The minimum Gasteiger partial charge on any atom is -0.338 e. The lowest BCUT2D eigenvalue weighted by Crippen LogP contribution is -2.42. The molecule has 0 bridgehead atoms. The third-order valence-electron chi connectivity index (χ3n) is 4.86. The maximum absolute atomic E-state index is 12.8. The van der Waals surface area contributed by atoms with Gasteiger partial charge in [-0.3, -0.25) is 4.79 Å². The quantitative estimate of drug-likeness (QED) is 0.910. The number of halogens is 1. The molecule has 1 aliphatic rings. The monoisotopic (exact) mass is 360 g/mol. The third kappa shape index (κ3) is 3.72. The summed E-state index contributed by atoms with van der Waals surface area (Å²) in [5.74, 6) is 0.651. The minimum absolute atomic E-state index is 0.110. The van der Waals surface area contributed by atoms with E-state index in [0.717, 1.165) is 48.7 Å². The molecule has 6 heteroatoms. The van der Waals surface area contributed by atoms with Crippen LogP contribution in [0.25, 0.3) is 5.69 Å². The molecule has 0 spiro atoms. The number of aromatic nitrogens is 2. The number of carbonyl (C=O) groups excluding carboxylic acids is 1. The molecule has 0 unspecified atom stereocenters. The van der Waals surface area contributed by atoms with Crippen molar-refractivity contribution in [2.24, 2.45) is 5.92 Å². The summed E-state index contributed by atoms with van der Waals surface area (Å²) in [5, 5.41) is 8.36. The molecule has 134 valence electrons. The fraction of sp³-hybridized carbons (Fsp3) is 0.474. The predicted molar refractivity (Wildman–Crippen MR) is 101 cm³/mol. The maximum Gasteiger partial charge on any atom is 0.253 e. The lowest BCUT2D eigenvalue weighted by molar-refractivity contribution is 0.0674. The molecular formula is C19H25ClN4O. The largest absolute Gasteiger partial charge is 0.338 e. The maximum atomic E-state index is 12.8. The van der Waals surface area contributed by atoms with Crippen molar-refractivity contribution in [3.63, 3.8) is 0 Å². The first kappa shape index (κ1) is 18.0. The van der Waals surface area contributed by atoms with Gasteiger partial charge in [0.25, 0.3) is 5.91 Å². The van der Waals surface area contributed by atoms with Crippen LogP contribution in [0.3, 0.4) is 0 Å². The summed E-state index contributed by atoms with van der Waals surface area (Å²) in [6.07, 6.45) is 2.25. The van der Waals surface area contributed by atoms with Gasteiger partial charge in [-0.25, -0.2) is 4.68 Å². The van der Waals surface area contributed by atoms with Crippen molar-refractivity contribution in [1.82, 2.24) is 20.0 Å². The number of hydrogen-bond donors (Lipinski definition) is 1. The van der Waals surface area contributed by atoms with E-state index in [9.17, 15) is 4.79 Å². The van der Waals surface area contributed by atoms with Gasteiger partial charge in [-0.05, 0) is 70.5 Å². The summed E-state index contributed by atoms with van der Waals surface area (Å²) >= 11 is 6.22. The van der Waals surface area contributed by atoms with Crippen LogP contribution in [0.15, 0.2) is 24.3 Å². The van der Waals surface area contributed by atoms with Crippen molar-refractivity contribution in [3.05, 3.63) is 46.2 Å². The van der Waals surface area contributed by atoms with Crippen molar-refractivity contribution in [3.8, 4) is 5.69 Å². The van der Waals surface area contributed by atoms with Crippen LogP contribution in [0.4, 0.5) is 0 Å². The lowest BCUT2D eigenvalue weighted by Gasteiger charge is -2.32. The highest BCUT2D eigenvalue weighted by molar-refractivity contribution is 6.31. The normalized spacial score (nSPS) is 17.8. The van der Waals surface area contributed by atoms with E-state index in [1.165, 1.54) is 6.42 Å². The summed E-state index contributed by atoms with van der Waals surface area (Å²) in [4.78, 5) is 14.8. The standard InChI is InChI=1S/C19H25ClN4O/c1-13-18(20)14(2)24(22-13)17-8-6-16(7-9-17)19(25)23-10-4-5-15(12-23)11-21-3/h6-9,15,21H,4-5,10-12H2,1-3H3/t15-/m1/s1. The Hall–Kier alpha value is -1.85. The number of piperidine rings is 1. The SMILES string of the molecule is CNC[C@H]1CCCN(C(=O)c2ccc(-n3nc(C)c(Cl)c3C)cc2)C1. The Balaban J connectivity index is 1.75. The van der Waals surface area contributed by atoms with Crippen LogP contribution in [-0.2, 0) is 0 Å². The molecule has 0 saturated carbocycles. The molecule has 0 aliphatic carbocycles. The van der Waals surface area contributed by atoms with Gasteiger partial charge < -0.3 is 10.2 Å². The van der Waals surface area contributed by atoms with Crippen LogP contribution in [0.2, 0.25) is 5.02 Å². The highest BCUT2D eigenvalue weighted by Crippen LogP contribution is 2.23. The molecular weight excluding hydrogens is 336 g/mol. The average molecular weight is 361 g/mol. The van der Waals surface area contributed by atoms with E-state index in [4.69, 9.17) is 11.6 Å². The van der Waals surface area contributed by atoms with Crippen molar-refractivity contribution >= 4 is 17.5 Å². The zero-order valence-electron chi connectivity index (χ0n) is 15.1. The van der Waals surface area contributed by atoms with E-state index in [1.807, 2.05) is 54.7 Å². The van der Waals surface area contributed by atoms with Gasteiger partial charge in [-0.15, -0.1) is 0 Å². The number of nitrogens with one attached hydrogen (secondary N) is 1. The fourth-order valence-corrected chi connectivity index (χ4v) is 3.63. The molecule has 0 radical (unpaired) electrons. The number of benzene rings is 1. The zero-order valence-corrected chi connectivity index (χ0v) is 15.8. The number of nitrogens with zero attached hydrogens (tertiary/aromatic N) is 3.